The van der Waals surface area contributed by atoms with Crippen LogP contribution in [0.2, 0.25) is 0 Å². The molecule has 0 unspecified atom stereocenters. The van der Waals surface area contributed by atoms with E-state index in [1.54, 1.807) is 21.7 Å². The van der Waals surface area contributed by atoms with Crippen molar-refractivity contribution in [2.75, 3.05) is 18.5 Å². The molecule has 0 aliphatic carbocycles. The molecule has 5 rings (SSSR count). The number of ether oxygens (including phenoxy) is 1. The quantitative estimate of drug-likeness (QED) is 0.313. The number of likely N-dealkylation sites (tertiary alicyclic amines) is 1. The molecule has 0 bridgehead atoms. The molecule has 4 aromatic rings. The average Bonchev–Trinajstić information content (AvgIpc) is 3.69. The Balaban J connectivity index is 1.37. The van der Waals surface area contributed by atoms with E-state index in [9.17, 15) is 14.9 Å². The van der Waals surface area contributed by atoms with Crippen molar-refractivity contribution < 1.29 is 14.3 Å². The standard InChI is InChI=1S/C29H33N9O3S/c1-17(2)33-22-12-23(24-9-8-19-11-18(13-30)14-32-38(19)24)31-15-21(22)25-35-36-26(42-25)27(39)37-10-6-7-20(37)16-41-28(40)34-29(3,4)5/h8-9,11-12,14-15,17,20H,6-7,10,16H2,1-5H3,(H,31,33)(H,34,40)/t20-/m0/s1. The molecule has 2 N–H and O–H groups in total. The molecule has 42 heavy (non-hydrogen) atoms. The van der Waals surface area contributed by atoms with E-state index in [1.165, 1.54) is 17.5 Å². The molecule has 0 spiro atoms. The van der Waals surface area contributed by atoms with E-state index in [-0.39, 0.29) is 29.6 Å². The van der Waals surface area contributed by atoms with E-state index in [2.05, 4.69) is 32.0 Å². The summed E-state index contributed by atoms with van der Waals surface area (Å²) in [5.41, 5.74) is 3.86. The topological polar surface area (TPSA) is 150 Å². The molecular formula is C29H33N9O3S. The Morgan fingerprint density at radius 1 is 1.21 bits per heavy atom. The summed E-state index contributed by atoms with van der Waals surface area (Å²) in [4.78, 5) is 32.0. The van der Waals surface area contributed by atoms with Crippen LogP contribution in [0.1, 0.15) is 62.8 Å². The van der Waals surface area contributed by atoms with Gasteiger partial charge in [0.05, 0.1) is 40.3 Å². The minimum atomic E-state index is -0.503. The minimum Gasteiger partial charge on any atom is -0.447 e. The highest BCUT2D eigenvalue weighted by Crippen LogP contribution is 2.34. The van der Waals surface area contributed by atoms with Crippen LogP contribution < -0.4 is 10.6 Å². The van der Waals surface area contributed by atoms with Crippen LogP contribution in [0.15, 0.2) is 36.7 Å². The molecule has 1 aliphatic rings. The van der Waals surface area contributed by atoms with Gasteiger partial charge in [-0.05, 0) is 71.7 Å². The lowest BCUT2D eigenvalue weighted by atomic mass is 10.1. The number of nitrogens with zero attached hydrogens (tertiary/aromatic N) is 7. The lowest BCUT2D eigenvalue weighted by Crippen LogP contribution is -2.43. The fourth-order valence-corrected chi connectivity index (χ4v) is 5.61. The fourth-order valence-electron chi connectivity index (χ4n) is 4.78. The van der Waals surface area contributed by atoms with Crippen molar-refractivity contribution in [3.8, 4) is 28.0 Å². The van der Waals surface area contributed by atoms with Crippen LogP contribution in [-0.4, -0.2) is 72.5 Å². The number of fused-ring (bicyclic) bond motifs is 1. The van der Waals surface area contributed by atoms with Gasteiger partial charge in [-0.25, -0.2) is 9.31 Å². The molecule has 1 fully saturated rings. The third-order valence-electron chi connectivity index (χ3n) is 6.60. The van der Waals surface area contributed by atoms with Crippen LogP contribution in [0.3, 0.4) is 0 Å². The number of alkyl carbamates (subject to hydrolysis) is 1. The third-order valence-corrected chi connectivity index (χ3v) is 7.54. The molecular weight excluding hydrogens is 554 g/mol. The Morgan fingerprint density at radius 3 is 2.76 bits per heavy atom. The summed E-state index contributed by atoms with van der Waals surface area (Å²) in [5.74, 6) is -0.230. The first kappa shape index (κ1) is 28.9. The second-order valence-corrected chi connectivity index (χ2v) is 12.5. The van der Waals surface area contributed by atoms with Crippen LogP contribution in [0, 0.1) is 11.3 Å². The number of aromatic nitrogens is 5. The minimum absolute atomic E-state index is 0.119. The number of nitriles is 1. The molecule has 13 heteroatoms. The first-order valence-corrected chi connectivity index (χ1v) is 14.6. The zero-order valence-electron chi connectivity index (χ0n) is 24.2. The third kappa shape index (κ3) is 6.33. The normalized spacial score (nSPS) is 15.2. The van der Waals surface area contributed by atoms with Crippen LogP contribution >= 0.6 is 11.3 Å². The van der Waals surface area contributed by atoms with Gasteiger partial charge in [0, 0.05) is 30.0 Å². The predicted molar refractivity (Wildman–Crippen MR) is 159 cm³/mol. The lowest BCUT2D eigenvalue weighted by molar-refractivity contribution is 0.0627. The van der Waals surface area contributed by atoms with Crippen molar-refractivity contribution in [2.45, 2.75) is 65.1 Å². The number of hydrogen-bond acceptors (Lipinski definition) is 10. The van der Waals surface area contributed by atoms with Crippen LogP contribution in [0.4, 0.5) is 10.5 Å². The SMILES string of the molecule is CC(C)Nc1cc(-c2ccc3cc(C#N)cnn23)ncc1-c1nnc(C(=O)N2CCC[C@H]2COC(=O)NC(C)(C)C)s1. The molecule has 4 aromatic heterocycles. The van der Waals surface area contributed by atoms with Gasteiger partial charge >= 0.3 is 6.09 Å². The van der Waals surface area contributed by atoms with E-state index < -0.39 is 11.6 Å². The molecule has 5 heterocycles. The van der Waals surface area contributed by atoms with E-state index in [0.29, 0.717) is 22.8 Å². The number of carbonyl (C=O) groups excluding carboxylic acids is 2. The summed E-state index contributed by atoms with van der Waals surface area (Å²) in [5, 5.41) is 29.2. The highest BCUT2D eigenvalue weighted by Gasteiger charge is 2.33. The molecule has 218 valence electrons. The highest BCUT2D eigenvalue weighted by atomic mass is 32.1. The van der Waals surface area contributed by atoms with E-state index in [1.807, 2.05) is 52.8 Å². The van der Waals surface area contributed by atoms with Gasteiger partial charge in [0.1, 0.15) is 12.7 Å². The zero-order chi connectivity index (χ0) is 30.0. The zero-order valence-corrected chi connectivity index (χ0v) is 25.0. The summed E-state index contributed by atoms with van der Waals surface area (Å²) in [7, 11) is 0. The molecule has 2 amide bonds. The lowest BCUT2D eigenvalue weighted by Gasteiger charge is -2.25. The average molecular weight is 588 g/mol. The molecule has 1 aliphatic heterocycles. The van der Waals surface area contributed by atoms with Crippen molar-refractivity contribution >= 4 is 34.5 Å². The van der Waals surface area contributed by atoms with Crippen LogP contribution in [0.5, 0.6) is 0 Å². The Labute approximate surface area is 247 Å². The van der Waals surface area contributed by atoms with Gasteiger partial charge < -0.3 is 20.3 Å². The highest BCUT2D eigenvalue weighted by molar-refractivity contribution is 7.16. The van der Waals surface area contributed by atoms with Gasteiger partial charge in [-0.3, -0.25) is 9.78 Å². The first-order valence-electron chi connectivity index (χ1n) is 13.8. The maximum absolute atomic E-state index is 13.4. The van der Waals surface area contributed by atoms with Gasteiger partial charge in [-0.2, -0.15) is 10.4 Å². The van der Waals surface area contributed by atoms with Crippen molar-refractivity contribution in [1.29, 1.82) is 5.26 Å². The van der Waals surface area contributed by atoms with E-state index >= 15 is 0 Å². The van der Waals surface area contributed by atoms with Crippen LogP contribution in [0.25, 0.3) is 27.5 Å². The summed E-state index contributed by atoms with van der Waals surface area (Å²) < 4.78 is 7.15. The Bertz CT molecular complexity index is 1660. The molecule has 0 radical (unpaired) electrons. The number of hydrogen-bond donors (Lipinski definition) is 2. The molecule has 12 nitrogen and oxygen atoms in total. The second-order valence-electron chi connectivity index (χ2n) is 11.5. The first-order chi connectivity index (χ1) is 20.0. The number of amides is 2. The van der Waals surface area contributed by atoms with Crippen molar-refractivity contribution in [2.24, 2.45) is 0 Å². The molecule has 0 saturated carbocycles. The fraction of sp³-hybridized carbons (Fsp3) is 0.414. The van der Waals surface area contributed by atoms with Crippen molar-refractivity contribution in [1.82, 2.24) is 35.0 Å². The largest absolute Gasteiger partial charge is 0.447 e. The number of carbonyl (C=O) groups is 2. The monoisotopic (exact) mass is 587 g/mol. The maximum atomic E-state index is 13.4. The second kappa shape index (κ2) is 11.7. The summed E-state index contributed by atoms with van der Waals surface area (Å²) in [6.07, 6.45) is 4.31. The smallest absolute Gasteiger partial charge is 0.407 e. The number of pyridine rings is 1. The maximum Gasteiger partial charge on any atom is 0.407 e. The molecule has 0 aromatic carbocycles. The summed E-state index contributed by atoms with van der Waals surface area (Å²) in [6.45, 7) is 10.4. The van der Waals surface area contributed by atoms with Gasteiger partial charge in [-0.15, -0.1) is 10.2 Å². The van der Waals surface area contributed by atoms with E-state index in [4.69, 9.17) is 9.72 Å². The molecule has 1 saturated heterocycles. The van der Waals surface area contributed by atoms with Crippen molar-refractivity contribution in [3.05, 3.63) is 47.2 Å². The Morgan fingerprint density at radius 2 is 2.02 bits per heavy atom. The Kier molecular flexibility index (Phi) is 8.08. The molecule has 1 atom stereocenters. The number of rotatable bonds is 7. The van der Waals surface area contributed by atoms with E-state index in [0.717, 1.165) is 35.3 Å². The van der Waals surface area contributed by atoms with Gasteiger partial charge in [-0.1, -0.05) is 11.3 Å². The van der Waals surface area contributed by atoms with Crippen LogP contribution in [-0.2, 0) is 4.74 Å². The summed E-state index contributed by atoms with van der Waals surface area (Å²) >= 11 is 1.20. The van der Waals surface area contributed by atoms with Gasteiger partial charge in [0.25, 0.3) is 5.91 Å². The predicted octanol–water partition coefficient (Wildman–Crippen LogP) is 4.74. The number of nitrogens with one attached hydrogen (secondary N) is 2. The van der Waals surface area contributed by atoms with Crippen molar-refractivity contribution in [3.63, 3.8) is 0 Å². The van der Waals surface area contributed by atoms with Gasteiger partial charge in [0.2, 0.25) is 5.01 Å². The Hall–Kier alpha value is -4.57. The van der Waals surface area contributed by atoms with Gasteiger partial charge in [0.15, 0.2) is 5.01 Å². The summed E-state index contributed by atoms with van der Waals surface area (Å²) in [6, 6.07) is 9.52. The number of anilines is 1.